The summed E-state index contributed by atoms with van der Waals surface area (Å²) in [6.45, 7) is 1.79. The van der Waals surface area contributed by atoms with Gasteiger partial charge in [0.05, 0.1) is 6.42 Å². The fourth-order valence-corrected chi connectivity index (χ4v) is 0.856. The lowest BCUT2D eigenvalue weighted by molar-refractivity contribution is -0.117. The number of carbonyl (C=O) groups excluding carboxylic acids is 1. The van der Waals surface area contributed by atoms with Crippen LogP contribution in [0, 0.1) is 18.8 Å². The normalized spacial score (nSPS) is 8.93. The monoisotopic (exact) mass is 190 g/mol. The van der Waals surface area contributed by atoms with Crippen molar-refractivity contribution in [1.29, 1.82) is 0 Å². The number of aromatic hydroxyl groups is 1. The minimum atomic E-state index is -0.496. The van der Waals surface area contributed by atoms with Crippen LogP contribution >= 0.6 is 0 Å². The molecule has 3 N–H and O–H groups in total. The number of nitrogens with two attached hydrogens (primary N) is 1. The number of aryl methyl sites for hydroxylation is 1. The van der Waals surface area contributed by atoms with Crippen LogP contribution in [-0.2, 0) is 4.79 Å². The van der Waals surface area contributed by atoms with Crippen LogP contribution in [0.2, 0.25) is 0 Å². The maximum Gasteiger partial charge on any atom is 0.229 e. The summed E-state index contributed by atoms with van der Waals surface area (Å²) in [5, 5.41) is 9.32. The van der Waals surface area contributed by atoms with Crippen molar-refractivity contribution in [1.82, 2.24) is 4.98 Å². The van der Waals surface area contributed by atoms with Gasteiger partial charge < -0.3 is 10.8 Å². The highest BCUT2D eigenvalue weighted by Crippen LogP contribution is 2.12. The summed E-state index contributed by atoms with van der Waals surface area (Å²) in [5.74, 6) is 4.61. The number of nitrogens with zero attached hydrogens (tertiary/aromatic N) is 1. The Bertz CT molecular complexity index is 416. The second kappa shape index (κ2) is 4.28. The Kier molecular flexibility index (Phi) is 3.08. The Morgan fingerprint density at radius 2 is 2.36 bits per heavy atom. The first-order valence-corrected chi connectivity index (χ1v) is 4.03. The largest absolute Gasteiger partial charge is 0.505 e. The van der Waals surface area contributed by atoms with E-state index in [9.17, 15) is 9.90 Å². The molecule has 0 saturated heterocycles. The zero-order chi connectivity index (χ0) is 10.6. The molecule has 72 valence electrons. The molecule has 0 unspecified atom stereocenters. The van der Waals surface area contributed by atoms with Gasteiger partial charge in [0.15, 0.2) is 5.69 Å². The first kappa shape index (κ1) is 10.1. The standard InChI is InChI=1S/C10H10N2O2/c1-7-5-6-9(13)8(12-7)3-2-4-10(11)14/h5-6,13H,4H2,1H3,(H2,11,14). The molecule has 1 aromatic rings. The first-order chi connectivity index (χ1) is 6.59. The van der Waals surface area contributed by atoms with E-state index < -0.39 is 5.91 Å². The molecule has 4 heteroatoms. The molecular formula is C10H10N2O2. The Balaban J connectivity index is 2.88. The number of carbonyl (C=O) groups is 1. The van der Waals surface area contributed by atoms with Crippen molar-refractivity contribution >= 4 is 5.91 Å². The van der Waals surface area contributed by atoms with Crippen LogP contribution in [0.1, 0.15) is 17.8 Å². The van der Waals surface area contributed by atoms with Crippen LogP contribution in [0.3, 0.4) is 0 Å². The summed E-state index contributed by atoms with van der Waals surface area (Å²) < 4.78 is 0. The van der Waals surface area contributed by atoms with Crippen molar-refractivity contribution in [3.63, 3.8) is 0 Å². The van der Waals surface area contributed by atoms with Crippen molar-refractivity contribution in [2.45, 2.75) is 13.3 Å². The Morgan fingerprint density at radius 1 is 1.64 bits per heavy atom. The third-order valence-electron chi connectivity index (χ3n) is 1.48. The predicted molar refractivity (Wildman–Crippen MR) is 51.3 cm³/mol. The summed E-state index contributed by atoms with van der Waals surface area (Å²) in [7, 11) is 0. The zero-order valence-electron chi connectivity index (χ0n) is 7.74. The number of rotatable bonds is 1. The number of aromatic nitrogens is 1. The molecule has 0 aliphatic rings. The highest BCUT2D eigenvalue weighted by Gasteiger charge is 1.98. The molecule has 0 spiro atoms. The van der Waals surface area contributed by atoms with E-state index in [-0.39, 0.29) is 17.9 Å². The molecule has 1 amide bonds. The van der Waals surface area contributed by atoms with E-state index in [0.717, 1.165) is 5.69 Å². The van der Waals surface area contributed by atoms with Gasteiger partial charge in [-0.05, 0) is 25.0 Å². The van der Waals surface area contributed by atoms with Crippen LogP contribution in [-0.4, -0.2) is 16.0 Å². The Hall–Kier alpha value is -2.02. The minimum Gasteiger partial charge on any atom is -0.505 e. The topological polar surface area (TPSA) is 76.2 Å². The number of amides is 1. The van der Waals surface area contributed by atoms with Crippen molar-refractivity contribution in [2.24, 2.45) is 5.73 Å². The predicted octanol–water partition coefficient (Wildman–Crippen LogP) is 0.323. The average Bonchev–Trinajstić information content (AvgIpc) is 2.10. The van der Waals surface area contributed by atoms with Crippen LogP contribution in [0.5, 0.6) is 5.75 Å². The molecule has 1 rings (SSSR count). The van der Waals surface area contributed by atoms with Gasteiger partial charge in [-0.25, -0.2) is 4.98 Å². The third kappa shape index (κ3) is 2.79. The van der Waals surface area contributed by atoms with Crippen LogP contribution in [0.15, 0.2) is 12.1 Å². The third-order valence-corrected chi connectivity index (χ3v) is 1.48. The Morgan fingerprint density at radius 3 is 3.00 bits per heavy atom. The summed E-state index contributed by atoms with van der Waals surface area (Å²) >= 11 is 0. The molecule has 14 heavy (non-hydrogen) atoms. The van der Waals surface area contributed by atoms with E-state index in [0.29, 0.717) is 0 Å². The molecule has 0 bridgehead atoms. The van der Waals surface area contributed by atoms with Gasteiger partial charge in [0, 0.05) is 5.69 Å². The number of primary amides is 1. The molecule has 1 aromatic heterocycles. The van der Waals surface area contributed by atoms with E-state index in [2.05, 4.69) is 16.8 Å². The van der Waals surface area contributed by atoms with Gasteiger partial charge in [-0.3, -0.25) is 4.79 Å². The van der Waals surface area contributed by atoms with Gasteiger partial charge >= 0.3 is 0 Å². The number of hydrogen-bond donors (Lipinski definition) is 2. The van der Waals surface area contributed by atoms with Crippen molar-refractivity contribution in [3.8, 4) is 17.6 Å². The first-order valence-electron chi connectivity index (χ1n) is 4.03. The van der Waals surface area contributed by atoms with Gasteiger partial charge in [0.1, 0.15) is 5.75 Å². The second-order valence-electron chi connectivity index (χ2n) is 2.77. The van der Waals surface area contributed by atoms with Crippen LogP contribution in [0.25, 0.3) is 0 Å². The fraction of sp³-hybridized carbons (Fsp3) is 0.200. The van der Waals surface area contributed by atoms with E-state index in [1.807, 2.05) is 0 Å². The summed E-state index contributed by atoms with van der Waals surface area (Å²) in [4.78, 5) is 14.4. The Labute approximate surface area is 81.8 Å². The molecule has 4 nitrogen and oxygen atoms in total. The molecule has 0 saturated carbocycles. The van der Waals surface area contributed by atoms with E-state index in [1.54, 1.807) is 13.0 Å². The number of hydrogen-bond acceptors (Lipinski definition) is 3. The smallest absolute Gasteiger partial charge is 0.229 e. The molecule has 0 aliphatic carbocycles. The number of pyridine rings is 1. The maximum atomic E-state index is 10.4. The maximum absolute atomic E-state index is 10.4. The summed E-state index contributed by atoms with van der Waals surface area (Å²) in [6.07, 6.45) is -0.0327. The quantitative estimate of drug-likeness (QED) is 0.626. The highest BCUT2D eigenvalue weighted by molar-refractivity contribution is 5.76. The van der Waals surface area contributed by atoms with E-state index >= 15 is 0 Å². The van der Waals surface area contributed by atoms with E-state index in [1.165, 1.54) is 6.07 Å². The van der Waals surface area contributed by atoms with Gasteiger partial charge in [-0.2, -0.15) is 0 Å². The molecule has 0 aromatic carbocycles. The molecule has 0 fully saturated rings. The van der Waals surface area contributed by atoms with Crippen molar-refractivity contribution in [3.05, 3.63) is 23.5 Å². The van der Waals surface area contributed by atoms with Crippen molar-refractivity contribution in [2.75, 3.05) is 0 Å². The molecule has 0 aliphatic heterocycles. The molecular weight excluding hydrogens is 180 g/mol. The van der Waals surface area contributed by atoms with Crippen LogP contribution in [0.4, 0.5) is 0 Å². The lowest BCUT2D eigenvalue weighted by Gasteiger charge is -1.96. The van der Waals surface area contributed by atoms with E-state index in [4.69, 9.17) is 5.73 Å². The summed E-state index contributed by atoms with van der Waals surface area (Å²) in [5.41, 5.74) is 5.93. The van der Waals surface area contributed by atoms with Gasteiger partial charge in [0.25, 0.3) is 0 Å². The molecule has 0 radical (unpaired) electrons. The minimum absolute atomic E-state index is 0.00701. The van der Waals surface area contributed by atoms with Gasteiger partial charge in [0.2, 0.25) is 5.91 Å². The highest BCUT2D eigenvalue weighted by atomic mass is 16.3. The van der Waals surface area contributed by atoms with Crippen LogP contribution < -0.4 is 5.73 Å². The average molecular weight is 190 g/mol. The van der Waals surface area contributed by atoms with Gasteiger partial charge in [-0.1, -0.05) is 5.92 Å². The lowest BCUT2D eigenvalue weighted by atomic mass is 10.3. The second-order valence-corrected chi connectivity index (χ2v) is 2.77. The summed E-state index contributed by atoms with van der Waals surface area (Å²) in [6, 6.07) is 3.19. The SMILES string of the molecule is Cc1ccc(O)c(C#CCC(N)=O)n1. The molecule has 0 atom stereocenters. The van der Waals surface area contributed by atoms with Gasteiger partial charge in [-0.15, -0.1) is 0 Å². The lowest BCUT2D eigenvalue weighted by Crippen LogP contribution is -2.08. The zero-order valence-corrected chi connectivity index (χ0v) is 7.74. The fourth-order valence-electron chi connectivity index (χ4n) is 0.856. The van der Waals surface area contributed by atoms with Crippen molar-refractivity contribution < 1.29 is 9.90 Å². The molecule has 1 heterocycles.